The molecule has 0 fully saturated rings. The van der Waals surface area contributed by atoms with Crippen molar-refractivity contribution in [2.45, 2.75) is 13.5 Å². The van der Waals surface area contributed by atoms with Crippen LogP contribution in [0.3, 0.4) is 0 Å². The zero-order valence-electron chi connectivity index (χ0n) is 9.36. The summed E-state index contributed by atoms with van der Waals surface area (Å²) in [6.45, 7) is 2.72. The van der Waals surface area contributed by atoms with Crippen LogP contribution >= 0.6 is 0 Å². The van der Waals surface area contributed by atoms with Crippen LogP contribution in [0.5, 0.6) is 5.75 Å². The lowest BCUT2D eigenvalue weighted by Gasteiger charge is -2.06. The van der Waals surface area contributed by atoms with Crippen LogP contribution in [0.1, 0.15) is 6.92 Å². The number of nitrogens with zero attached hydrogens (tertiary/aromatic N) is 1. The lowest BCUT2D eigenvalue weighted by molar-refractivity contribution is 0.415. The molecule has 1 heterocycles. The molecule has 16 heavy (non-hydrogen) atoms. The van der Waals surface area contributed by atoms with E-state index in [-0.39, 0.29) is 5.56 Å². The molecule has 0 saturated carbocycles. The summed E-state index contributed by atoms with van der Waals surface area (Å²) >= 11 is 0. The second kappa shape index (κ2) is 4.26. The molecule has 1 aromatic carbocycles. The fraction of sp³-hybridized carbons (Fsp3) is 0.250. The molecule has 0 radical (unpaired) electrons. The summed E-state index contributed by atoms with van der Waals surface area (Å²) in [5.41, 5.74) is 1.77. The molecule has 0 aliphatic heterocycles. The third-order valence-corrected chi connectivity index (χ3v) is 2.49. The van der Waals surface area contributed by atoms with Gasteiger partial charge in [0, 0.05) is 18.2 Å². The molecule has 0 aliphatic carbocycles. The van der Waals surface area contributed by atoms with Gasteiger partial charge in [-0.05, 0) is 19.1 Å². The maximum absolute atomic E-state index is 11.3. The fourth-order valence-corrected chi connectivity index (χ4v) is 1.70. The molecule has 0 spiro atoms. The van der Waals surface area contributed by atoms with Gasteiger partial charge >= 0.3 is 0 Å². The maximum atomic E-state index is 11.3. The van der Waals surface area contributed by atoms with E-state index in [4.69, 9.17) is 4.74 Å². The van der Waals surface area contributed by atoms with E-state index in [1.807, 2.05) is 35.9 Å². The molecule has 0 atom stereocenters. The van der Waals surface area contributed by atoms with Gasteiger partial charge in [0.05, 0.1) is 12.8 Å². The van der Waals surface area contributed by atoms with E-state index in [0.29, 0.717) is 0 Å². The summed E-state index contributed by atoms with van der Waals surface area (Å²) in [4.78, 5) is 11.3. The van der Waals surface area contributed by atoms with E-state index < -0.39 is 0 Å². The van der Waals surface area contributed by atoms with Crippen LogP contribution in [-0.2, 0) is 6.54 Å². The van der Waals surface area contributed by atoms with Gasteiger partial charge in [0.15, 0.2) is 0 Å². The monoisotopic (exact) mass is 218 g/mol. The molecule has 0 saturated heterocycles. The van der Waals surface area contributed by atoms with Crippen molar-refractivity contribution in [1.82, 2.24) is 9.78 Å². The van der Waals surface area contributed by atoms with E-state index in [2.05, 4.69) is 5.10 Å². The number of rotatable bonds is 3. The van der Waals surface area contributed by atoms with Gasteiger partial charge in [-0.25, -0.2) is 0 Å². The van der Waals surface area contributed by atoms with Crippen LogP contribution in [0, 0.1) is 0 Å². The Balaban J connectivity index is 2.53. The number of hydrogen-bond acceptors (Lipinski definition) is 2. The average Bonchev–Trinajstić information content (AvgIpc) is 2.70. The molecule has 0 amide bonds. The van der Waals surface area contributed by atoms with Crippen molar-refractivity contribution in [3.8, 4) is 17.0 Å². The van der Waals surface area contributed by atoms with Crippen molar-refractivity contribution in [1.29, 1.82) is 0 Å². The van der Waals surface area contributed by atoms with Crippen molar-refractivity contribution < 1.29 is 4.74 Å². The predicted octanol–water partition coefficient (Wildman–Crippen LogP) is 1.87. The molecule has 4 nitrogen and oxygen atoms in total. The number of methoxy groups -OCH3 is 1. The number of aromatic nitrogens is 2. The average molecular weight is 218 g/mol. The molecule has 1 N–H and O–H groups in total. The zero-order chi connectivity index (χ0) is 11.5. The number of benzene rings is 1. The maximum Gasteiger partial charge on any atom is 0.264 e. The highest BCUT2D eigenvalue weighted by Crippen LogP contribution is 2.22. The largest absolute Gasteiger partial charge is 0.497 e. The van der Waals surface area contributed by atoms with E-state index in [0.717, 1.165) is 23.6 Å². The first kappa shape index (κ1) is 10.5. The predicted molar refractivity (Wildman–Crippen MR) is 62.7 cm³/mol. The van der Waals surface area contributed by atoms with Gasteiger partial charge in [0.2, 0.25) is 0 Å². The Labute approximate surface area is 93.5 Å². The van der Waals surface area contributed by atoms with Crippen molar-refractivity contribution in [2.75, 3.05) is 7.11 Å². The minimum absolute atomic E-state index is 0.0836. The minimum Gasteiger partial charge on any atom is -0.497 e. The number of aromatic amines is 1. The smallest absolute Gasteiger partial charge is 0.264 e. The van der Waals surface area contributed by atoms with Gasteiger partial charge in [-0.15, -0.1) is 0 Å². The molecule has 4 heteroatoms. The van der Waals surface area contributed by atoms with Crippen LogP contribution in [0.4, 0.5) is 0 Å². The Morgan fingerprint density at radius 1 is 1.38 bits per heavy atom. The van der Waals surface area contributed by atoms with Crippen LogP contribution in [0.25, 0.3) is 11.3 Å². The first-order chi connectivity index (χ1) is 7.74. The molecule has 0 unspecified atom stereocenters. The summed E-state index contributed by atoms with van der Waals surface area (Å²) < 4.78 is 6.98. The second-order valence-electron chi connectivity index (χ2n) is 3.48. The van der Waals surface area contributed by atoms with E-state index >= 15 is 0 Å². The van der Waals surface area contributed by atoms with Crippen molar-refractivity contribution in [3.05, 3.63) is 40.7 Å². The first-order valence-electron chi connectivity index (χ1n) is 5.19. The zero-order valence-corrected chi connectivity index (χ0v) is 9.36. The topological polar surface area (TPSA) is 47.0 Å². The molecular formula is C12H14N2O2. The normalized spacial score (nSPS) is 10.4. The minimum atomic E-state index is -0.0836. The van der Waals surface area contributed by atoms with Crippen LogP contribution in [0.15, 0.2) is 35.1 Å². The van der Waals surface area contributed by atoms with Crippen molar-refractivity contribution in [3.63, 3.8) is 0 Å². The van der Waals surface area contributed by atoms with Gasteiger partial charge in [0.1, 0.15) is 5.75 Å². The number of ether oxygens (including phenoxy) is 1. The SMILES string of the molecule is CCn1[nH]c(=O)cc1-c1cccc(OC)c1. The number of H-pyrrole nitrogens is 1. The van der Waals surface area contributed by atoms with Crippen molar-refractivity contribution >= 4 is 0 Å². The van der Waals surface area contributed by atoms with Crippen LogP contribution < -0.4 is 10.3 Å². The van der Waals surface area contributed by atoms with Crippen LogP contribution in [-0.4, -0.2) is 16.9 Å². The number of hydrogen-bond donors (Lipinski definition) is 1. The van der Waals surface area contributed by atoms with Gasteiger partial charge in [-0.2, -0.15) is 0 Å². The Hall–Kier alpha value is -1.97. The standard InChI is InChI=1S/C12H14N2O2/c1-3-14-11(8-12(15)13-14)9-5-4-6-10(7-9)16-2/h4-8H,3H2,1-2H3,(H,13,15). The van der Waals surface area contributed by atoms with Crippen LogP contribution in [0.2, 0.25) is 0 Å². The van der Waals surface area contributed by atoms with Gasteiger partial charge in [-0.3, -0.25) is 14.6 Å². The third-order valence-electron chi connectivity index (χ3n) is 2.49. The Kier molecular flexibility index (Phi) is 2.81. The summed E-state index contributed by atoms with van der Waals surface area (Å²) in [5.74, 6) is 0.786. The number of aryl methyl sites for hydroxylation is 1. The van der Waals surface area contributed by atoms with Gasteiger partial charge in [-0.1, -0.05) is 12.1 Å². The number of nitrogens with one attached hydrogen (secondary N) is 1. The van der Waals surface area contributed by atoms with Crippen molar-refractivity contribution in [2.24, 2.45) is 0 Å². The van der Waals surface area contributed by atoms with E-state index in [1.54, 1.807) is 13.2 Å². The molecule has 2 aromatic rings. The second-order valence-corrected chi connectivity index (χ2v) is 3.48. The highest BCUT2D eigenvalue weighted by atomic mass is 16.5. The highest BCUT2D eigenvalue weighted by molar-refractivity contribution is 5.61. The highest BCUT2D eigenvalue weighted by Gasteiger charge is 2.06. The molecule has 0 bridgehead atoms. The quantitative estimate of drug-likeness (QED) is 0.854. The lowest BCUT2D eigenvalue weighted by atomic mass is 10.1. The molecule has 1 aromatic heterocycles. The Bertz CT molecular complexity index is 540. The van der Waals surface area contributed by atoms with Gasteiger partial charge in [0.25, 0.3) is 5.56 Å². The van der Waals surface area contributed by atoms with Gasteiger partial charge < -0.3 is 4.74 Å². The molecule has 0 aliphatic rings. The summed E-state index contributed by atoms with van der Waals surface area (Å²) in [6.07, 6.45) is 0. The Morgan fingerprint density at radius 2 is 2.19 bits per heavy atom. The third kappa shape index (κ3) is 1.86. The summed E-state index contributed by atoms with van der Waals surface area (Å²) in [7, 11) is 1.63. The summed E-state index contributed by atoms with van der Waals surface area (Å²) in [6, 6.07) is 9.25. The Morgan fingerprint density at radius 3 is 2.88 bits per heavy atom. The molecular weight excluding hydrogens is 204 g/mol. The van der Waals surface area contributed by atoms with E-state index in [9.17, 15) is 4.79 Å². The molecule has 84 valence electrons. The molecule has 2 rings (SSSR count). The fourth-order valence-electron chi connectivity index (χ4n) is 1.70. The first-order valence-corrected chi connectivity index (χ1v) is 5.19. The summed E-state index contributed by atoms with van der Waals surface area (Å²) in [5, 5.41) is 2.75. The van der Waals surface area contributed by atoms with E-state index in [1.165, 1.54) is 0 Å². The lowest BCUT2D eigenvalue weighted by Crippen LogP contribution is -2.04.